The van der Waals surface area contributed by atoms with Gasteiger partial charge in [-0.15, -0.1) is 0 Å². The molecule has 0 aromatic heterocycles. The Bertz CT molecular complexity index is 505. The summed E-state index contributed by atoms with van der Waals surface area (Å²) in [5.74, 6) is -1.25. The zero-order valence-electron chi connectivity index (χ0n) is 11.5. The molecule has 1 fully saturated rings. The Morgan fingerprint density at radius 2 is 1.71 bits per heavy atom. The van der Waals surface area contributed by atoms with E-state index in [1.165, 1.54) is 12.1 Å². The molecule has 0 aliphatic heterocycles. The third kappa shape index (κ3) is 4.31. The van der Waals surface area contributed by atoms with Crippen molar-refractivity contribution in [3.05, 3.63) is 35.9 Å². The minimum Gasteiger partial charge on any atom is -0.267 e. The molecule has 1 aliphatic rings. The lowest BCUT2D eigenvalue weighted by Gasteiger charge is -2.24. The SMILES string of the molecule is O=C(N/N=C(/C1CCCCC1)C(F)(F)F)c1ccccc1. The number of amides is 1. The Kier molecular flexibility index (Phi) is 4.98. The number of halogens is 3. The number of hydrazone groups is 1. The van der Waals surface area contributed by atoms with Crippen molar-refractivity contribution < 1.29 is 18.0 Å². The molecule has 1 N–H and O–H groups in total. The topological polar surface area (TPSA) is 41.5 Å². The minimum atomic E-state index is -4.51. The smallest absolute Gasteiger partial charge is 0.267 e. The van der Waals surface area contributed by atoms with Crippen molar-refractivity contribution in [2.75, 3.05) is 0 Å². The van der Waals surface area contributed by atoms with Crippen LogP contribution < -0.4 is 5.43 Å². The molecule has 1 aromatic carbocycles. The number of hydrogen-bond acceptors (Lipinski definition) is 2. The molecule has 2 rings (SSSR count). The number of rotatable bonds is 3. The first-order valence-electron chi connectivity index (χ1n) is 6.98. The summed E-state index contributed by atoms with van der Waals surface area (Å²) in [7, 11) is 0. The van der Waals surface area contributed by atoms with Crippen LogP contribution in [0.25, 0.3) is 0 Å². The van der Waals surface area contributed by atoms with Gasteiger partial charge in [-0.1, -0.05) is 37.5 Å². The lowest BCUT2D eigenvalue weighted by Crippen LogP contribution is -2.35. The summed E-state index contributed by atoms with van der Waals surface area (Å²) in [4.78, 5) is 11.8. The van der Waals surface area contributed by atoms with E-state index in [0.717, 1.165) is 19.3 Å². The third-order valence-electron chi connectivity index (χ3n) is 3.60. The Hall–Kier alpha value is -1.85. The fourth-order valence-electron chi connectivity index (χ4n) is 2.53. The number of alkyl halides is 3. The van der Waals surface area contributed by atoms with Gasteiger partial charge in [-0.05, 0) is 25.0 Å². The molecule has 1 aromatic rings. The summed E-state index contributed by atoms with van der Waals surface area (Å²) >= 11 is 0. The Balaban J connectivity index is 2.11. The molecular weight excluding hydrogens is 281 g/mol. The number of nitrogens with one attached hydrogen (secondary N) is 1. The zero-order chi connectivity index (χ0) is 15.3. The average Bonchev–Trinajstić information content (AvgIpc) is 2.48. The second kappa shape index (κ2) is 6.74. The van der Waals surface area contributed by atoms with Gasteiger partial charge in [0.25, 0.3) is 5.91 Å². The Labute approximate surface area is 121 Å². The third-order valence-corrected chi connectivity index (χ3v) is 3.60. The summed E-state index contributed by atoms with van der Waals surface area (Å²) < 4.78 is 39.2. The van der Waals surface area contributed by atoms with E-state index in [4.69, 9.17) is 0 Å². The molecule has 0 heterocycles. The molecule has 0 unspecified atom stereocenters. The van der Waals surface area contributed by atoms with Crippen LogP contribution in [-0.2, 0) is 0 Å². The minimum absolute atomic E-state index is 0.284. The number of nitrogens with zero attached hydrogens (tertiary/aromatic N) is 1. The van der Waals surface area contributed by atoms with Crippen molar-refractivity contribution in [1.29, 1.82) is 0 Å². The summed E-state index contributed by atoms with van der Waals surface area (Å²) in [6, 6.07) is 8.07. The fraction of sp³-hybridized carbons (Fsp3) is 0.467. The van der Waals surface area contributed by atoms with Crippen molar-refractivity contribution in [2.24, 2.45) is 11.0 Å². The zero-order valence-corrected chi connectivity index (χ0v) is 11.5. The second-order valence-corrected chi connectivity index (χ2v) is 5.14. The normalized spacial score (nSPS) is 17.6. The molecule has 1 amide bonds. The quantitative estimate of drug-likeness (QED) is 0.667. The van der Waals surface area contributed by atoms with Crippen LogP contribution >= 0.6 is 0 Å². The molecule has 0 spiro atoms. The van der Waals surface area contributed by atoms with Crippen LogP contribution in [0.15, 0.2) is 35.4 Å². The first-order chi connectivity index (χ1) is 9.98. The van der Waals surface area contributed by atoms with Crippen LogP contribution in [0, 0.1) is 5.92 Å². The highest BCUT2D eigenvalue weighted by atomic mass is 19.4. The monoisotopic (exact) mass is 298 g/mol. The van der Waals surface area contributed by atoms with Gasteiger partial charge in [0.2, 0.25) is 0 Å². The van der Waals surface area contributed by atoms with Crippen molar-refractivity contribution >= 4 is 11.6 Å². The maximum Gasteiger partial charge on any atom is 0.431 e. The number of carbonyl (C=O) groups is 1. The molecular formula is C15H17F3N2O. The molecule has 6 heteroatoms. The van der Waals surface area contributed by atoms with E-state index in [0.29, 0.717) is 12.8 Å². The predicted octanol–water partition coefficient (Wildman–Crippen LogP) is 3.92. The number of carbonyl (C=O) groups excluding carboxylic acids is 1. The summed E-state index contributed by atoms with van der Waals surface area (Å²) in [5.41, 5.74) is 1.45. The molecule has 3 nitrogen and oxygen atoms in total. The van der Waals surface area contributed by atoms with Crippen LogP contribution in [0.3, 0.4) is 0 Å². The lowest BCUT2D eigenvalue weighted by atomic mass is 9.85. The van der Waals surface area contributed by atoms with Gasteiger partial charge in [0, 0.05) is 11.5 Å². The highest BCUT2D eigenvalue weighted by molar-refractivity contribution is 5.97. The van der Waals surface area contributed by atoms with Gasteiger partial charge in [-0.3, -0.25) is 4.79 Å². The van der Waals surface area contributed by atoms with Gasteiger partial charge < -0.3 is 0 Å². The van der Waals surface area contributed by atoms with Crippen molar-refractivity contribution in [2.45, 2.75) is 38.3 Å². The van der Waals surface area contributed by atoms with Crippen LogP contribution in [0.4, 0.5) is 13.2 Å². The van der Waals surface area contributed by atoms with E-state index in [1.54, 1.807) is 18.2 Å². The van der Waals surface area contributed by atoms with E-state index in [-0.39, 0.29) is 5.56 Å². The van der Waals surface area contributed by atoms with Crippen molar-refractivity contribution in [3.63, 3.8) is 0 Å². The maximum atomic E-state index is 13.1. The molecule has 21 heavy (non-hydrogen) atoms. The maximum absolute atomic E-state index is 13.1. The number of hydrogen-bond donors (Lipinski definition) is 1. The molecule has 0 atom stereocenters. The first kappa shape index (κ1) is 15.5. The van der Waals surface area contributed by atoms with Crippen LogP contribution in [-0.4, -0.2) is 17.8 Å². The molecule has 0 saturated heterocycles. The molecule has 1 saturated carbocycles. The first-order valence-corrected chi connectivity index (χ1v) is 6.98. The molecule has 1 aliphatic carbocycles. The number of benzene rings is 1. The second-order valence-electron chi connectivity index (χ2n) is 5.14. The largest absolute Gasteiger partial charge is 0.431 e. The standard InChI is InChI=1S/C15H17F3N2O/c16-15(17,18)13(11-7-3-1-4-8-11)19-20-14(21)12-9-5-2-6-10-12/h2,5-6,9-11H,1,3-4,7-8H2,(H,20,21)/b19-13-. The van der Waals surface area contributed by atoms with Crippen LogP contribution in [0.1, 0.15) is 42.5 Å². The van der Waals surface area contributed by atoms with Gasteiger partial charge in [0.1, 0.15) is 5.71 Å². The van der Waals surface area contributed by atoms with E-state index in [2.05, 4.69) is 5.10 Å². The average molecular weight is 298 g/mol. The van der Waals surface area contributed by atoms with Gasteiger partial charge >= 0.3 is 6.18 Å². The van der Waals surface area contributed by atoms with Crippen LogP contribution in [0.5, 0.6) is 0 Å². The van der Waals surface area contributed by atoms with E-state index < -0.39 is 23.7 Å². The van der Waals surface area contributed by atoms with E-state index in [1.807, 2.05) is 5.43 Å². The molecule has 0 radical (unpaired) electrons. The van der Waals surface area contributed by atoms with E-state index in [9.17, 15) is 18.0 Å². The fourth-order valence-corrected chi connectivity index (χ4v) is 2.53. The predicted molar refractivity (Wildman–Crippen MR) is 74.0 cm³/mol. The van der Waals surface area contributed by atoms with Gasteiger partial charge in [-0.2, -0.15) is 18.3 Å². The van der Waals surface area contributed by atoms with Crippen LogP contribution in [0.2, 0.25) is 0 Å². The summed E-state index contributed by atoms with van der Waals surface area (Å²) in [6.45, 7) is 0. The Morgan fingerprint density at radius 3 is 2.29 bits per heavy atom. The molecule has 114 valence electrons. The van der Waals surface area contributed by atoms with Crippen molar-refractivity contribution in [1.82, 2.24) is 5.43 Å². The van der Waals surface area contributed by atoms with Gasteiger partial charge in [-0.25, -0.2) is 5.43 Å². The van der Waals surface area contributed by atoms with Crippen molar-refractivity contribution in [3.8, 4) is 0 Å². The Morgan fingerprint density at radius 1 is 1.10 bits per heavy atom. The summed E-state index contributed by atoms with van der Waals surface area (Å²) in [5, 5.41) is 3.39. The molecule has 0 bridgehead atoms. The van der Waals surface area contributed by atoms with E-state index >= 15 is 0 Å². The highest BCUT2D eigenvalue weighted by Gasteiger charge is 2.41. The van der Waals surface area contributed by atoms with Gasteiger partial charge in [0.15, 0.2) is 0 Å². The van der Waals surface area contributed by atoms with Gasteiger partial charge in [0.05, 0.1) is 0 Å². The lowest BCUT2D eigenvalue weighted by molar-refractivity contribution is -0.0641. The highest BCUT2D eigenvalue weighted by Crippen LogP contribution is 2.32. The summed E-state index contributed by atoms with van der Waals surface area (Å²) in [6.07, 6.45) is -1.07.